The van der Waals surface area contributed by atoms with Gasteiger partial charge >= 0.3 is 0 Å². The van der Waals surface area contributed by atoms with Gasteiger partial charge in [0, 0.05) is 49.6 Å². The lowest BCUT2D eigenvalue weighted by Gasteiger charge is -2.41. The SMILES string of the molecule is CCc1cc(N2CCCC3(CCc4cnc(C)nc43)C2)nc(N2CCCCC2)n1. The molecule has 1 aliphatic carbocycles. The van der Waals surface area contributed by atoms with Gasteiger partial charge in [0.25, 0.3) is 0 Å². The number of anilines is 2. The zero-order valence-corrected chi connectivity index (χ0v) is 17.8. The number of piperidine rings is 2. The van der Waals surface area contributed by atoms with E-state index in [-0.39, 0.29) is 5.41 Å². The number of hydrogen-bond acceptors (Lipinski definition) is 6. The van der Waals surface area contributed by atoms with Crippen LogP contribution in [0.4, 0.5) is 11.8 Å². The van der Waals surface area contributed by atoms with E-state index in [1.807, 2.05) is 6.92 Å². The number of aryl methyl sites for hydroxylation is 3. The quantitative estimate of drug-likeness (QED) is 0.795. The van der Waals surface area contributed by atoms with Crippen molar-refractivity contribution in [3.63, 3.8) is 0 Å². The molecule has 0 N–H and O–H groups in total. The molecular formula is C23H32N6. The van der Waals surface area contributed by atoms with Gasteiger partial charge in [-0.15, -0.1) is 0 Å². The lowest BCUT2D eigenvalue weighted by molar-refractivity contribution is 0.332. The molecule has 2 aliphatic heterocycles. The molecule has 1 unspecified atom stereocenters. The van der Waals surface area contributed by atoms with Crippen LogP contribution in [0, 0.1) is 6.92 Å². The van der Waals surface area contributed by atoms with Gasteiger partial charge in [-0.25, -0.2) is 15.0 Å². The number of nitrogens with zero attached hydrogens (tertiary/aromatic N) is 6. The van der Waals surface area contributed by atoms with Crippen LogP contribution in [0.25, 0.3) is 0 Å². The molecule has 6 heteroatoms. The summed E-state index contributed by atoms with van der Waals surface area (Å²) in [4.78, 5) is 24.2. The predicted octanol–water partition coefficient (Wildman–Crippen LogP) is 3.61. The molecule has 5 rings (SSSR count). The van der Waals surface area contributed by atoms with E-state index in [2.05, 4.69) is 34.0 Å². The van der Waals surface area contributed by atoms with E-state index in [0.717, 1.165) is 62.3 Å². The summed E-state index contributed by atoms with van der Waals surface area (Å²) in [5, 5.41) is 0. The standard InChI is InChI=1S/C23H32N6/c1-3-19-14-20(27-22(26-19)28-11-5-4-6-12-28)29-13-7-9-23(16-29)10-8-18-15-24-17(2)25-21(18)23/h14-15H,3-13,16H2,1-2H3. The second-order valence-electron chi connectivity index (χ2n) is 9.02. The Morgan fingerprint density at radius 1 is 0.966 bits per heavy atom. The van der Waals surface area contributed by atoms with Crippen molar-refractivity contribution in [2.45, 2.75) is 70.6 Å². The second-order valence-corrected chi connectivity index (χ2v) is 9.02. The summed E-state index contributed by atoms with van der Waals surface area (Å²) in [6.45, 7) is 8.45. The van der Waals surface area contributed by atoms with Crippen molar-refractivity contribution in [2.75, 3.05) is 36.0 Å². The van der Waals surface area contributed by atoms with E-state index in [1.165, 1.54) is 49.8 Å². The molecule has 4 heterocycles. The fourth-order valence-electron chi connectivity index (χ4n) is 5.40. The Morgan fingerprint density at radius 3 is 2.62 bits per heavy atom. The highest BCUT2D eigenvalue weighted by atomic mass is 15.3. The third-order valence-corrected chi connectivity index (χ3v) is 7.02. The van der Waals surface area contributed by atoms with E-state index in [9.17, 15) is 0 Å². The third-order valence-electron chi connectivity index (χ3n) is 7.02. The molecule has 3 aliphatic rings. The van der Waals surface area contributed by atoms with E-state index in [0.29, 0.717) is 0 Å². The van der Waals surface area contributed by atoms with E-state index in [4.69, 9.17) is 15.0 Å². The topological polar surface area (TPSA) is 58.0 Å². The van der Waals surface area contributed by atoms with Crippen LogP contribution >= 0.6 is 0 Å². The molecule has 0 saturated carbocycles. The first kappa shape index (κ1) is 18.8. The molecule has 2 aromatic rings. The molecule has 0 aromatic carbocycles. The number of fused-ring (bicyclic) bond motifs is 2. The lowest BCUT2D eigenvalue weighted by Crippen LogP contribution is -2.46. The van der Waals surface area contributed by atoms with Crippen LogP contribution in [-0.4, -0.2) is 46.1 Å². The molecule has 154 valence electrons. The fourth-order valence-corrected chi connectivity index (χ4v) is 5.40. The van der Waals surface area contributed by atoms with Gasteiger partial charge in [-0.3, -0.25) is 0 Å². The maximum Gasteiger partial charge on any atom is 0.227 e. The van der Waals surface area contributed by atoms with Gasteiger partial charge in [-0.05, 0) is 63.9 Å². The molecule has 0 bridgehead atoms. The van der Waals surface area contributed by atoms with Gasteiger partial charge in [0.1, 0.15) is 11.6 Å². The van der Waals surface area contributed by atoms with Crippen LogP contribution in [0.2, 0.25) is 0 Å². The van der Waals surface area contributed by atoms with Crippen molar-refractivity contribution in [1.82, 2.24) is 19.9 Å². The van der Waals surface area contributed by atoms with Crippen molar-refractivity contribution < 1.29 is 0 Å². The summed E-state index contributed by atoms with van der Waals surface area (Å²) in [6, 6.07) is 2.22. The Balaban J connectivity index is 1.46. The molecule has 0 amide bonds. The molecule has 2 aromatic heterocycles. The molecule has 2 fully saturated rings. The Labute approximate surface area is 173 Å². The molecule has 1 spiro atoms. The minimum absolute atomic E-state index is 0.157. The zero-order chi connectivity index (χ0) is 19.8. The van der Waals surface area contributed by atoms with Crippen molar-refractivity contribution in [3.8, 4) is 0 Å². The van der Waals surface area contributed by atoms with Gasteiger partial charge in [0.15, 0.2) is 0 Å². The van der Waals surface area contributed by atoms with Crippen molar-refractivity contribution in [1.29, 1.82) is 0 Å². The highest BCUT2D eigenvalue weighted by Gasteiger charge is 2.44. The maximum absolute atomic E-state index is 5.06. The summed E-state index contributed by atoms with van der Waals surface area (Å²) < 4.78 is 0. The predicted molar refractivity (Wildman–Crippen MR) is 116 cm³/mol. The smallest absolute Gasteiger partial charge is 0.227 e. The summed E-state index contributed by atoms with van der Waals surface area (Å²) in [7, 11) is 0. The van der Waals surface area contributed by atoms with E-state index in [1.54, 1.807) is 0 Å². The Hall–Kier alpha value is -2.24. The molecule has 1 atom stereocenters. The van der Waals surface area contributed by atoms with Gasteiger partial charge in [0.2, 0.25) is 5.95 Å². The molecule has 2 saturated heterocycles. The van der Waals surface area contributed by atoms with Crippen LogP contribution in [0.15, 0.2) is 12.3 Å². The second kappa shape index (κ2) is 7.54. The molecule has 6 nitrogen and oxygen atoms in total. The first-order valence-electron chi connectivity index (χ1n) is 11.4. The van der Waals surface area contributed by atoms with Crippen molar-refractivity contribution >= 4 is 11.8 Å². The first-order valence-corrected chi connectivity index (χ1v) is 11.4. The maximum atomic E-state index is 5.06. The van der Waals surface area contributed by atoms with Crippen LogP contribution in [0.1, 0.15) is 68.2 Å². The van der Waals surface area contributed by atoms with E-state index >= 15 is 0 Å². The average molecular weight is 393 g/mol. The highest BCUT2D eigenvalue weighted by Crippen LogP contribution is 2.44. The zero-order valence-electron chi connectivity index (χ0n) is 17.8. The Bertz CT molecular complexity index is 887. The summed E-state index contributed by atoms with van der Waals surface area (Å²) in [5.41, 5.74) is 3.96. The van der Waals surface area contributed by atoms with Crippen LogP contribution in [0.5, 0.6) is 0 Å². The number of rotatable bonds is 3. The van der Waals surface area contributed by atoms with Gasteiger partial charge in [0.05, 0.1) is 5.69 Å². The summed E-state index contributed by atoms with van der Waals surface area (Å²) in [6.07, 6.45) is 11.5. The monoisotopic (exact) mass is 392 g/mol. The minimum atomic E-state index is 0.157. The molecular weight excluding hydrogens is 360 g/mol. The molecule has 29 heavy (non-hydrogen) atoms. The van der Waals surface area contributed by atoms with Gasteiger partial charge in [-0.1, -0.05) is 6.92 Å². The average Bonchev–Trinajstić information content (AvgIpc) is 3.11. The van der Waals surface area contributed by atoms with Crippen LogP contribution in [0.3, 0.4) is 0 Å². The normalized spacial score (nSPS) is 24.2. The molecule has 0 radical (unpaired) electrons. The summed E-state index contributed by atoms with van der Waals surface area (Å²) >= 11 is 0. The van der Waals surface area contributed by atoms with Gasteiger partial charge < -0.3 is 9.80 Å². The van der Waals surface area contributed by atoms with Crippen molar-refractivity contribution in [3.05, 3.63) is 35.0 Å². The highest BCUT2D eigenvalue weighted by molar-refractivity contribution is 5.49. The Kier molecular flexibility index (Phi) is 4.88. The lowest BCUT2D eigenvalue weighted by atomic mass is 9.77. The Morgan fingerprint density at radius 2 is 1.79 bits per heavy atom. The number of aromatic nitrogens is 4. The third kappa shape index (κ3) is 3.47. The van der Waals surface area contributed by atoms with Gasteiger partial charge in [-0.2, -0.15) is 4.98 Å². The van der Waals surface area contributed by atoms with Crippen LogP contribution < -0.4 is 9.80 Å². The van der Waals surface area contributed by atoms with Crippen LogP contribution in [-0.2, 0) is 18.3 Å². The number of hydrogen-bond donors (Lipinski definition) is 0. The first-order chi connectivity index (χ1) is 14.2. The van der Waals surface area contributed by atoms with Crippen molar-refractivity contribution in [2.24, 2.45) is 0 Å². The largest absolute Gasteiger partial charge is 0.355 e. The minimum Gasteiger partial charge on any atom is -0.355 e. The summed E-state index contributed by atoms with van der Waals surface area (Å²) in [5.74, 6) is 2.93. The van der Waals surface area contributed by atoms with E-state index < -0.39 is 0 Å². The fraction of sp³-hybridized carbons (Fsp3) is 0.652.